The number of hydrogen-bond donors (Lipinski definition) is 1. The van der Waals surface area contributed by atoms with Crippen LogP contribution in [0.2, 0.25) is 0 Å². The minimum Gasteiger partial charge on any atom is -0.375 e. The number of amides is 1. The van der Waals surface area contributed by atoms with Crippen LogP contribution in [0.1, 0.15) is 52.1 Å². The van der Waals surface area contributed by atoms with Crippen LogP contribution in [0.3, 0.4) is 0 Å². The van der Waals surface area contributed by atoms with Gasteiger partial charge in [-0.25, -0.2) is 4.98 Å². The quantitative estimate of drug-likeness (QED) is 0.570. The molecule has 7 nitrogen and oxygen atoms in total. The van der Waals surface area contributed by atoms with Gasteiger partial charge in [0, 0.05) is 44.6 Å². The van der Waals surface area contributed by atoms with Gasteiger partial charge < -0.3 is 10.2 Å². The number of anilines is 1. The molecule has 0 aliphatic carbocycles. The molecule has 0 saturated carbocycles. The van der Waals surface area contributed by atoms with Crippen molar-refractivity contribution in [1.29, 1.82) is 10.5 Å². The Morgan fingerprint density at radius 2 is 1.77 bits per heavy atom. The van der Waals surface area contributed by atoms with Gasteiger partial charge in [-0.1, -0.05) is 24.3 Å². The highest BCUT2D eigenvalue weighted by molar-refractivity contribution is 5.94. The molecule has 4 rings (SSSR count). The van der Waals surface area contributed by atoms with Crippen molar-refractivity contribution < 1.29 is 4.79 Å². The predicted octanol–water partition coefficient (Wildman–Crippen LogP) is 3.87. The number of aromatic nitrogens is 1. The Labute approximate surface area is 206 Å². The van der Waals surface area contributed by atoms with E-state index in [1.54, 1.807) is 12.1 Å². The summed E-state index contributed by atoms with van der Waals surface area (Å²) in [6.45, 7) is 4.59. The van der Waals surface area contributed by atoms with Crippen LogP contribution in [0.4, 0.5) is 5.69 Å². The van der Waals surface area contributed by atoms with Gasteiger partial charge in [-0.15, -0.1) is 0 Å². The van der Waals surface area contributed by atoms with E-state index in [0.717, 1.165) is 30.8 Å². The first kappa shape index (κ1) is 23.9. The molecule has 3 aromatic rings. The smallest absolute Gasteiger partial charge is 0.253 e. The molecule has 1 fully saturated rings. The van der Waals surface area contributed by atoms with E-state index >= 15 is 0 Å². The molecule has 2 atom stereocenters. The van der Waals surface area contributed by atoms with Gasteiger partial charge in [0.05, 0.1) is 23.2 Å². The van der Waals surface area contributed by atoms with Gasteiger partial charge in [-0.05, 0) is 60.9 Å². The Morgan fingerprint density at radius 3 is 2.34 bits per heavy atom. The monoisotopic (exact) mass is 464 g/mol. The molecule has 0 spiro atoms. The van der Waals surface area contributed by atoms with E-state index in [1.807, 2.05) is 30.3 Å². The molecule has 2 heterocycles. The molecular weight excluding hydrogens is 436 g/mol. The first-order valence-electron chi connectivity index (χ1n) is 11.7. The first-order valence-corrected chi connectivity index (χ1v) is 11.7. The zero-order valence-corrected chi connectivity index (χ0v) is 20.0. The van der Waals surface area contributed by atoms with Crippen LogP contribution < -0.4 is 10.2 Å². The van der Waals surface area contributed by atoms with E-state index in [1.165, 1.54) is 11.8 Å². The molecule has 1 aliphatic rings. The lowest BCUT2D eigenvalue weighted by atomic mass is 9.96. The van der Waals surface area contributed by atoms with Crippen molar-refractivity contribution in [3.05, 3.63) is 94.8 Å². The summed E-state index contributed by atoms with van der Waals surface area (Å²) < 4.78 is 0. The molecular formula is C28H28N6O. The zero-order valence-electron chi connectivity index (χ0n) is 20.0. The Hall–Kier alpha value is -4.20. The molecule has 2 aromatic carbocycles. The number of nitrogens with one attached hydrogen (secondary N) is 1. The van der Waals surface area contributed by atoms with Gasteiger partial charge in [0.25, 0.3) is 5.91 Å². The summed E-state index contributed by atoms with van der Waals surface area (Å²) in [6, 6.07) is 23.7. The number of rotatable bonds is 7. The molecule has 7 heteroatoms. The van der Waals surface area contributed by atoms with Crippen LogP contribution in [0, 0.1) is 22.7 Å². The molecule has 35 heavy (non-hydrogen) atoms. The average molecular weight is 465 g/mol. The van der Waals surface area contributed by atoms with Gasteiger partial charge in [-0.2, -0.15) is 10.5 Å². The number of carbonyl (C=O) groups excluding carboxylic acids is 1. The van der Waals surface area contributed by atoms with E-state index < -0.39 is 0 Å². The molecule has 1 N–H and O–H groups in total. The third-order valence-corrected chi connectivity index (χ3v) is 6.54. The maximum atomic E-state index is 12.7. The molecule has 1 amide bonds. The van der Waals surface area contributed by atoms with Crippen molar-refractivity contribution in [2.24, 2.45) is 0 Å². The van der Waals surface area contributed by atoms with Crippen LogP contribution in [0.15, 0.2) is 66.9 Å². The lowest BCUT2D eigenvalue weighted by molar-refractivity contribution is 0.0936. The summed E-state index contributed by atoms with van der Waals surface area (Å²) >= 11 is 0. The zero-order chi connectivity index (χ0) is 24.8. The van der Waals surface area contributed by atoms with E-state index in [4.69, 9.17) is 5.26 Å². The Kier molecular flexibility index (Phi) is 7.40. The predicted molar refractivity (Wildman–Crippen MR) is 135 cm³/mol. The summed E-state index contributed by atoms with van der Waals surface area (Å²) in [5, 5.41) is 21.2. The third-order valence-electron chi connectivity index (χ3n) is 6.54. The molecule has 2 unspecified atom stereocenters. The molecule has 176 valence electrons. The van der Waals surface area contributed by atoms with E-state index in [0.29, 0.717) is 17.7 Å². The largest absolute Gasteiger partial charge is 0.375 e. The summed E-state index contributed by atoms with van der Waals surface area (Å²) in [6.07, 6.45) is 2.27. The van der Waals surface area contributed by atoms with Crippen LogP contribution in [-0.4, -0.2) is 48.5 Å². The fourth-order valence-electron chi connectivity index (χ4n) is 4.45. The molecule has 0 bridgehead atoms. The molecule has 1 aliphatic heterocycles. The summed E-state index contributed by atoms with van der Waals surface area (Å²) in [5.74, 6) is -0.185. The van der Waals surface area contributed by atoms with Gasteiger partial charge in [0.15, 0.2) is 0 Å². The summed E-state index contributed by atoms with van der Waals surface area (Å²) in [4.78, 5) is 21.3. The second-order valence-corrected chi connectivity index (χ2v) is 8.74. The maximum Gasteiger partial charge on any atom is 0.253 e. The number of carbonyl (C=O) groups is 1. The number of pyridine rings is 1. The lowest BCUT2D eigenvalue weighted by Gasteiger charge is -2.29. The van der Waals surface area contributed by atoms with Crippen molar-refractivity contribution in [3.8, 4) is 12.1 Å². The number of benzene rings is 2. The fraction of sp³-hybridized carbons (Fsp3) is 0.286. The highest BCUT2D eigenvalue weighted by Gasteiger charge is 2.31. The van der Waals surface area contributed by atoms with Gasteiger partial charge in [0.2, 0.25) is 0 Å². The van der Waals surface area contributed by atoms with Gasteiger partial charge in [0.1, 0.15) is 11.8 Å². The number of hydrogen-bond acceptors (Lipinski definition) is 6. The van der Waals surface area contributed by atoms with Gasteiger partial charge >= 0.3 is 0 Å². The summed E-state index contributed by atoms with van der Waals surface area (Å²) in [7, 11) is 2.07. The van der Waals surface area contributed by atoms with Crippen molar-refractivity contribution in [1.82, 2.24) is 15.2 Å². The van der Waals surface area contributed by atoms with Crippen molar-refractivity contribution in [2.45, 2.75) is 25.4 Å². The Bertz CT molecular complexity index is 1240. The minimum atomic E-state index is -0.185. The van der Waals surface area contributed by atoms with Crippen molar-refractivity contribution in [2.75, 3.05) is 31.6 Å². The van der Waals surface area contributed by atoms with Gasteiger partial charge in [-0.3, -0.25) is 9.69 Å². The van der Waals surface area contributed by atoms with Crippen LogP contribution in [0.25, 0.3) is 0 Å². The number of likely N-dealkylation sites (tertiary alicyclic amines) is 1. The van der Waals surface area contributed by atoms with Crippen molar-refractivity contribution >= 4 is 11.6 Å². The van der Waals surface area contributed by atoms with E-state index in [9.17, 15) is 10.1 Å². The third kappa shape index (κ3) is 5.48. The molecule has 0 radical (unpaired) electrons. The van der Waals surface area contributed by atoms with E-state index in [2.05, 4.69) is 64.4 Å². The van der Waals surface area contributed by atoms with Crippen LogP contribution in [0.5, 0.6) is 0 Å². The molecule has 1 saturated heterocycles. The number of nitrogens with zero attached hydrogens (tertiary/aromatic N) is 5. The topological polar surface area (TPSA) is 96.0 Å². The Balaban J connectivity index is 1.54. The average Bonchev–Trinajstić information content (AvgIpc) is 3.36. The Morgan fingerprint density at radius 1 is 1.09 bits per heavy atom. The second kappa shape index (κ2) is 10.8. The number of nitriles is 2. The highest BCUT2D eigenvalue weighted by atomic mass is 16.1. The maximum absolute atomic E-state index is 12.7. The van der Waals surface area contributed by atoms with Crippen LogP contribution in [-0.2, 0) is 0 Å². The molecule has 1 aromatic heterocycles. The summed E-state index contributed by atoms with van der Waals surface area (Å²) in [5.41, 5.74) is 4.82. The standard InChI is InChI=1S/C28H28N6O/c1-3-33(2)26-12-9-22(10-13-26)27(21-6-4-20(16-29)5-7-21)34-15-14-25(19-34)32-28(35)23-8-11-24(17-30)31-18-23/h4-13,18,25,27H,3,14-15,19H2,1-2H3,(H,32,35). The second-order valence-electron chi connectivity index (χ2n) is 8.74. The highest BCUT2D eigenvalue weighted by Crippen LogP contribution is 2.33. The first-order chi connectivity index (χ1) is 17.0. The van der Waals surface area contributed by atoms with Crippen LogP contribution >= 0.6 is 0 Å². The minimum absolute atomic E-state index is 0.00419. The lowest BCUT2D eigenvalue weighted by Crippen LogP contribution is -2.38. The van der Waals surface area contributed by atoms with Crippen molar-refractivity contribution in [3.63, 3.8) is 0 Å². The normalized spacial score (nSPS) is 16.2. The SMILES string of the molecule is CCN(C)c1ccc(C(c2ccc(C#N)cc2)N2CCC(NC(=O)c3ccc(C#N)nc3)C2)cc1. The van der Waals surface area contributed by atoms with E-state index in [-0.39, 0.29) is 23.7 Å². The fourth-order valence-corrected chi connectivity index (χ4v) is 4.45.